The van der Waals surface area contributed by atoms with E-state index in [0.717, 1.165) is 18.7 Å². The van der Waals surface area contributed by atoms with Crippen molar-refractivity contribution >= 4 is 5.65 Å². The third-order valence-corrected chi connectivity index (χ3v) is 5.68. The summed E-state index contributed by atoms with van der Waals surface area (Å²) in [5, 5.41) is 8.46. The molecule has 176 valence electrons. The van der Waals surface area contributed by atoms with E-state index >= 15 is 0 Å². The summed E-state index contributed by atoms with van der Waals surface area (Å²) >= 11 is 0. The second-order valence-electron chi connectivity index (χ2n) is 7.75. The predicted octanol–water partition coefficient (Wildman–Crippen LogP) is 3.85. The summed E-state index contributed by atoms with van der Waals surface area (Å²) in [6, 6.07) is 16.5. The van der Waals surface area contributed by atoms with Crippen molar-refractivity contribution in [3.05, 3.63) is 72.6 Å². The number of ether oxygens (including phenoxy) is 3. The summed E-state index contributed by atoms with van der Waals surface area (Å²) in [5.41, 5.74) is 2.35. The quantitative estimate of drug-likeness (QED) is 0.390. The van der Waals surface area contributed by atoms with Gasteiger partial charge in [0.1, 0.15) is 12.4 Å². The average molecular weight is 467 g/mol. The third-order valence-electron chi connectivity index (χ3n) is 5.68. The highest BCUT2D eigenvalue weighted by Crippen LogP contribution is 2.27. The van der Waals surface area contributed by atoms with Crippen molar-refractivity contribution in [2.24, 2.45) is 0 Å². The van der Waals surface area contributed by atoms with Crippen molar-refractivity contribution < 1.29 is 23.0 Å². The van der Waals surface area contributed by atoms with Crippen LogP contribution in [0, 0.1) is 0 Å². The maximum Gasteiger partial charge on any atom is 0.387 e. The summed E-state index contributed by atoms with van der Waals surface area (Å²) in [7, 11) is 0. The molecule has 4 aromatic rings. The molecule has 0 spiro atoms. The van der Waals surface area contributed by atoms with Crippen LogP contribution in [0.15, 0.2) is 67.0 Å². The number of benzene rings is 2. The van der Waals surface area contributed by atoms with Gasteiger partial charge < -0.3 is 14.2 Å². The molecule has 5 rings (SSSR count). The van der Waals surface area contributed by atoms with Crippen molar-refractivity contribution in [3.63, 3.8) is 0 Å². The lowest BCUT2D eigenvalue weighted by Crippen LogP contribution is -2.41. The largest absolute Gasteiger partial charge is 0.475 e. The van der Waals surface area contributed by atoms with Gasteiger partial charge in [-0.1, -0.05) is 30.3 Å². The first-order chi connectivity index (χ1) is 16.7. The maximum atomic E-state index is 12.5. The first-order valence-corrected chi connectivity index (χ1v) is 10.9. The molecule has 1 fully saturated rings. The maximum absolute atomic E-state index is 12.5. The van der Waals surface area contributed by atoms with Crippen LogP contribution < -0.4 is 9.47 Å². The van der Waals surface area contributed by atoms with Gasteiger partial charge in [-0.15, -0.1) is 10.2 Å². The molecule has 0 aliphatic carbocycles. The van der Waals surface area contributed by atoms with Crippen LogP contribution in [0.1, 0.15) is 11.6 Å². The van der Waals surface area contributed by atoms with E-state index in [-0.39, 0.29) is 11.8 Å². The van der Waals surface area contributed by atoms with Crippen LogP contribution >= 0.6 is 0 Å². The van der Waals surface area contributed by atoms with Gasteiger partial charge in [-0.25, -0.2) is 4.40 Å². The Kier molecular flexibility index (Phi) is 6.59. The fourth-order valence-corrected chi connectivity index (χ4v) is 4.04. The number of morpholine rings is 1. The normalized spacial score (nSPS) is 15.5. The number of fused-ring (bicyclic) bond motifs is 1. The Morgan fingerprint density at radius 1 is 0.941 bits per heavy atom. The lowest BCUT2D eigenvalue weighted by atomic mass is 10.1. The number of hydrogen-bond acceptors (Lipinski definition) is 7. The molecule has 1 saturated heterocycles. The zero-order chi connectivity index (χ0) is 23.3. The molecule has 1 unspecified atom stereocenters. The Labute approximate surface area is 194 Å². The molecule has 0 amide bonds. The molecule has 10 heteroatoms. The lowest BCUT2D eigenvalue weighted by molar-refractivity contribution is -0.0498. The Bertz CT molecular complexity index is 1210. The van der Waals surface area contributed by atoms with Crippen molar-refractivity contribution in [1.29, 1.82) is 0 Å². The molecule has 0 N–H and O–H groups in total. The topological polar surface area (TPSA) is 74.0 Å². The molecular weight excluding hydrogens is 444 g/mol. The molecule has 0 saturated carbocycles. The number of rotatable bonds is 8. The summed E-state index contributed by atoms with van der Waals surface area (Å²) in [5.74, 6) is 1.07. The highest BCUT2D eigenvalue weighted by Gasteiger charge is 2.24. The van der Waals surface area contributed by atoms with Crippen LogP contribution in [-0.2, 0) is 4.74 Å². The standard InChI is InChI=1S/C24H23F2N5O3/c25-24(26)34-19-8-6-18(7-9-19)23-29-28-21-14-27-15-22(31(21)23)33-16-20(17-4-2-1-3-5-17)30-10-12-32-13-11-30/h1-9,14-15,20,24H,10-13,16H2. The first kappa shape index (κ1) is 22.2. The van der Waals surface area contributed by atoms with E-state index in [9.17, 15) is 8.78 Å². The highest BCUT2D eigenvalue weighted by atomic mass is 19.3. The Morgan fingerprint density at radius 2 is 1.71 bits per heavy atom. The Morgan fingerprint density at radius 3 is 2.44 bits per heavy atom. The first-order valence-electron chi connectivity index (χ1n) is 10.9. The second kappa shape index (κ2) is 10.1. The molecule has 1 aliphatic rings. The van der Waals surface area contributed by atoms with Crippen LogP contribution in [0.4, 0.5) is 8.78 Å². The van der Waals surface area contributed by atoms with E-state index < -0.39 is 6.61 Å². The van der Waals surface area contributed by atoms with E-state index in [1.165, 1.54) is 12.1 Å². The van der Waals surface area contributed by atoms with Crippen LogP contribution in [0.2, 0.25) is 0 Å². The van der Waals surface area contributed by atoms with Gasteiger partial charge in [0.05, 0.1) is 31.6 Å². The summed E-state index contributed by atoms with van der Waals surface area (Å²) in [6.07, 6.45) is 3.21. The number of halogens is 2. The van der Waals surface area contributed by atoms with Gasteiger partial charge >= 0.3 is 6.61 Å². The van der Waals surface area contributed by atoms with Crippen LogP contribution in [0.25, 0.3) is 17.0 Å². The van der Waals surface area contributed by atoms with E-state index in [4.69, 9.17) is 9.47 Å². The molecule has 0 bridgehead atoms. The molecule has 0 radical (unpaired) electrons. The SMILES string of the molecule is FC(F)Oc1ccc(-c2nnc3cncc(OCC(c4ccccc4)N4CCOCC4)n23)cc1. The van der Waals surface area contributed by atoms with Gasteiger partial charge in [-0.05, 0) is 29.8 Å². The van der Waals surface area contributed by atoms with Gasteiger partial charge in [0, 0.05) is 18.7 Å². The Balaban J connectivity index is 1.43. The van der Waals surface area contributed by atoms with Gasteiger partial charge in [0.2, 0.25) is 5.88 Å². The van der Waals surface area contributed by atoms with Crippen LogP contribution in [-0.4, -0.2) is 64.0 Å². The zero-order valence-corrected chi connectivity index (χ0v) is 18.3. The van der Waals surface area contributed by atoms with Gasteiger partial charge in [-0.2, -0.15) is 8.78 Å². The zero-order valence-electron chi connectivity index (χ0n) is 18.3. The molecule has 1 atom stereocenters. The van der Waals surface area contributed by atoms with E-state index in [2.05, 4.69) is 37.0 Å². The molecule has 3 heterocycles. The third kappa shape index (κ3) is 4.82. The average Bonchev–Trinajstić information content (AvgIpc) is 3.31. The second-order valence-corrected chi connectivity index (χ2v) is 7.75. The summed E-state index contributed by atoms with van der Waals surface area (Å²) in [4.78, 5) is 6.59. The summed E-state index contributed by atoms with van der Waals surface area (Å²) in [6.45, 7) is 0.508. The van der Waals surface area contributed by atoms with Crippen molar-refractivity contribution in [1.82, 2.24) is 24.5 Å². The lowest BCUT2D eigenvalue weighted by Gasteiger charge is -2.34. The molecule has 2 aromatic carbocycles. The van der Waals surface area contributed by atoms with E-state index in [1.54, 1.807) is 28.9 Å². The number of alkyl halides is 2. The minimum absolute atomic E-state index is 0.0334. The molecule has 1 aliphatic heterocycles. The van der Waals surface area contributed by atoms with E-state index in [0.29, 0.717) is 42.7 Å². The fourth-order valence-electron chi connectivity index (χ4n) is 4.04. The fraction of sp³-hybridized carbons (Fsp3) is 0.292. The Hall–Kier alpha value is -3.63. The summed E-state index contributed by atoms with van der Waals surface area (Å²) < 4.78 is 43.0. The van der Waals surface area contributed by atoms with Crippen molar-refractivity contribution in [3.8, 4) is 23.0 Å². The monoisotopic (exact) mass is 467 g/mol. The van der Waals surface area contributed by atoms with Gasteiger partial charge in [-0.3, -0.25) is 9.88 Å². The number of hydrogen-bond donors (Lipinski definition) is 0. The van der Waals surface area contributed by atoms with Crippen LogP contribution in [0.3, 0.4) is 0 Å². The van der Waals surface area contributed by atoms with Gasteiger partial charge in [0.15, 0.2) is 11.5 Å². The molecular formula is C24H23F2N5O3. The molecule has 34 heavy (non-hydrogen) atoms. The molecule has 2 aromatic heterocycles. The van der Waals surface area contributed by atoms with Gasteiger partial charge in [0.25, 0.3) is 0 Å². The minimum Gasteiger partial charge on any atom is -0.475 e. The predicted molar refractivity (Wildman–Crippen MR) is 120 cm³/mol. The minimum atomic E-state index is -2.88. The molecule has 8 nitrogen and oxygen atoms in total. The van der Waals surface area contributed by atoms with Crippen molar-refractivity contribution in [2.45, 2.75) is 12.7 Å². The van der Waals surface area contributed by atoms with E-state index in [1.807, 2.05) is 18.2 Å². The number of aromatic nitrogens is 4. The van der Waals surface area contributed by atoms with Crippen molar-refractivity contribution in [2.75, 3.05) is 32.9 Å². The highest BCUT2D eigenvalue weighted by molar-refractivity contribution is 5.61. The number of nitrogens with zero attached hydrogens (tertiary/aromatic N) is 5. The smallest absolute Gasteiger partial charge is 0.387 e. The van der Waals surface area contributed by atoms with Crippen LogP contribution in [0.5, 0.6) is 11.6 Å².